The van der Waals surface area contributed by atoms with Crippen molar-refractivity contribution in [2.75, 3.05) is 0 Å². The summed E-state index contributed by atoms with van der Waals surface area (Å²) in [6, 6.07) is 0.204. The molecule has 0 spiro atoms. The highest BCUT2D eigenvalue weighted by atomic mass is 19.4. The fourth-order valence-electron chi connectivity index (χ4n) is 1.28. The summed E-state index contributed by atoms with van der Waals surface area (Å²) < 4.78 is 119. The Labute approximate surface area is 120 Å². The van der Waals surface area contributed by atoms with Crippen molar-refractivity contribution in [2.24, 2.45) is 0 Å². The Bertz CT molecular complexity index is 536. The van der Waals surface area contributed by atoms with E-state index in [0.29, 0.717) is 0 Å². The first-order chi connectivity index (χ1) is 10.2. The number of benzene rings is 1. The van der Waals surface area contributed by atoms with Gasteiger partial charge in [-0.3, -0.25) is 4.79 Å². The van der Waals surface area contributed by atoms with Gasteiger partial charge < -0.3 is 14.2 Å². The quantitative estimate of drug-likeness (QED) is 0.598. The highest BCUT2D eigenvalue weighted by molar-refractivity contribution is 5.78. The van der Waals surface area contributed by atoms with Crippen LogP contribution in [0, 0.1) is 0 Å². The number of alkyl halides is 9. The van der Waals surface area contributed by atoms with Crippen LogP contribution in [0.2, 0.25) is 0 Å². The standard InChI is InChI=1S/C10H3F9O4/c11-8(12,13)21-5-1-4(3-20)2-6(22-9(14,15)16)7(5)23-10(17,18)19/h1-3H. The third-order valence-corrected chi connectivity index (χ3v) is 1.85. The Hall–Kier alpha value is -2.34. The molecular formula is C10H3F9O4. The van der Waals surface area contributed by atoms with E-state index in [1.807, 2.05) is 0 Å². The molecule has 0 aliphatic rings. The minimum absolute atomic E-state index is 0.102. The van der Waals surface area contributed by atoms with Gasteiger partial charge in [0.1, 0.15) is 6.29 Å². The Kier molecular flexibility index (Phi) is 4.91. The maximum Gasteiger partial charge on any atom is 0.573 e. The predicted octanol–water partition coefficient (Wildman–Crippen LogP) is 4.19. The van der Waals surface area contributed by atoms with Gasteiger partial charge in [-0.25, -0.2) is 0 Å². The normalized spacial score (nSPS) is 12.7. The van der Waals surface area contributed by atoms with Gasteiger partial charge in [-0.05, 0) is 12.1 Å². The molecule has 1 aromatic carbocycles. The van der Waals surface area contributed by atoms with E-state index in [4.69, 9.17) is 0 Å². The lowest BCUT2D eigenvalue weighted by atomic mass is 10.2. The van der Waals surface area contributed by atoms with Crippen LogP contribution in [-0.2, 0) is 0 Å². The lowest BCUT2D eigenvalue weighted by Gasteiger charge is -2.19. The minimum atomic E-state index is -5.66. The summed E-state index contributed by atoms with van der Waals surface area (Å²) in [6.45, 7) is 0. The van der Waals surface area contributed by atoms with Crippen molar-refractivity contribution in [3.63, 3.8) is 0 Å². The third kappa shape index (κ3) is 6.52. The first kappa shape index (κ1) is 18.7. The monoisotopic (exact) mass is 358 g/mol. The molecule has 0 aromatic heterocycles. The van der Waals surface area contributed by atoms with Crippen LogP contribution in [0.25, 0.3) is 0 Å². The molecule has 0 fully saturated rings. The van der Waals surface area contributed by atoms with E-state index in [0.717, 1.165) is 0 Å². The summed E-state index contributed by atoms with van der Waals surface area (Å²) in [7, 11) is 0. The van der Waals surface area contributed by atoms with Gasteiger partial charge in [0.05, 0.1) is 0 Å². The number of halogens is 9. The fraction of sp³-hybridized carbons (Fsp3) is 0.300. The van der Waals surface area contributed by atoms with Gasteiger partial charge in [0.25, 0.3) is 0 Å². The van der Waals surface area contributed by atoms with Gasteiger partial charge in [0.2, 0.25) is 5.75 Å². The number of hydrogen-bond donors (Lipinski definition) is 0. The first-order valence-corrected chi connectivity index (χ1v) is 5.10. The average molecular weight is 358 g/mol. The first-order valence-electron chi connectivity index (χ1n) is 5.10. The number of aldehydes is 1. The zero-order valence-electron chi connectivity index (χ0n) is 10.3. The van der Waals surface area contributed by atoms with E-state index in [9.17, 15) is 44.3 Å². The summed E-state index contributed by atoms with van der Waals surface area (Å²) in [5.41, 5.74) is -0.877. The second-order valence-electron chi connectivity index (χ2n) is 3.61. The third-order valence-electron chi connectivity index (χ3n) is 1.85. The molecule has 0 aliphatic heterocycles. The van der Waals surface area contributed by atoms with Crippen LogP contribution in [0.15, 0.2) is 12.1 Å². The molecule has 0 heterocycles. The van der Waals surface area contributed by atoms with Crippen molar-refractivity contribution in [3.05, 3.63) is 17.7 Å². The molecule has 0 atom stereocenters. The average Bonchev–Trinajstić information content (AvgIpc) is 2.27. The Morgan fingerprint density at radius 3 is 1.30 bits per heavy atom. The van der Waals surface area contributed by atoms with Crippen molar-refractivity contribution < 1.29 is 58.5 Å². The molecular weight excluding hydrogens is 355 g/mol. The van der Waals surface area contributed by atoms with Crippen LogP contribution in [0.4, 0.5) is 39.5 Å². The maximum atomic E-state index is 12.2. The lowest BCUT2D eigenvalue weighted by Crippen LogP contribution is -2.24. The van der Waals surface area contributed by atoms with Gasteiger partial charge in [-0.15, -0.1) is 39.5 Å². The Balaban J connectivity index is 3.50. The molecule has 0 bridgehead atoms. The fourth-order valence-corrected chi connectivity index (χ4v) is 1.28. The number of carbonyl (C=O) groups is 1. The van der Waals surface area contributed by atoms with Crippen LogP contribution in [-0.4, -0.2) is 25.4 Å². The molecule has 0 saturated heterocycles. The Morgan fingerprint density at radius 1 is 0.696 bits per heavy atom. The molecule has 130 valence electrons. The van der Waals surface area contributed by atoms with E-state index in [1.54, 1.807) is 0 Å². The van der Waals surface area contributed by atoms with E-state index < -0.39 is 41.9 Å². The topological polar surface area (TPSA) is 44.8 Å². The van der Waals surface area contributed by atoms with E-state index in [2.05, 4.69) is 14.2 Å². The summed E-state index contributed by atoms with van der Waals surface area (Å²) in [6.07, 6.45) is -17.0. The smallest absolute Gasteiger partial charge is 0.402 e. The molecule has 0 radical (unpaired) electrons. The van der Waals surface area contributed by atoms with Crippen molar-refractivity contribution in [3.8, 4) is 17.2 Å². The molecule has 4 nitrogen and oxygen atoms in total. The zero-order chi connectivity index (χ0) is 18.1. The summed E-state index contributed by atoms with van der Waals surface area (Å²) >= 11 is 0. The maximum absolute atomic E-state index is 12.2. The van der Waals surface area contributed by atoms with Crippen molar-refractivity contribution in [2.45, 2.75) is 19.1 Å². The second kappa shape index (κ2) is 6.04. The number of carbonyl (C=O) groups excluding carboxylic acids is 1. The van der Waals surface area contributed by atoms with E-state index in [1.165, 1.54) is 0 Å². The molecule has 13 heteroatoms. The van der Waals surface area contributed by atoms with Crippen LogP contribution in [0.3, 0.4) is 0 Å². The van der Waals surface area contributed by atoms with Gasteiger partial charge >= 0.3 is 19.1 Å². The van der Waals surface area contributed by atoms with Crippen molar-refractivity contribution in [1.29, 1.82) is 0 Å². The SMILES string of the molecule is O=Cc1cc(OC(F)(F)F)c(OC(F)(F)F)c(OC(F)(F)F)c1. The largest absolute Gasteiger partial charge is 0.573 e. The van der Waals surface area contributed by atoms with Gasteiger partial charge in [0.15, 0.2) is 11.5 Å². The van der Waals surface area contributed by atoms with Gasteiger partial charge in [-0.2, -0.15) is 0 Å². The summed E-state index contributed by atoms with van der Waals surface area (Å²) in [4.78, 5) is 10.5. The molecule has 0 N–H and O–H groups in total. The molecule has 0 unspecified atom stereocenters. The van der Waals surface area contributed by atoms with Crippen LogP contribution < -0.4 is 14.2 Å². The van der Waals surface area contributed by atoms with Crippen LogP contribution in [0.1, 0.15) is 10.4 Å². The van der Waals surface area contributed by atoms with Crippen LogP contribution >= 0.6 is 0 Å². The lowest BCUT2D eigenvalue weighted by molar-refractivity contribution is -0.293. The molecule has 1 aromatic rings. The molecule has 23 heavy (non-hydrogen) atoms. The van der Waals surface area contributed by atoms with E-state index >= 15 is 0 Å². The van der Waals surface area contributed by atoms with Crippen molar-refractivity contribution in [1.82, 2.24) is 0 Å². The number of ether oxygens (including phenoxy) is 3. The van der Waals surface area contributed by atoms with Crippen molar-refractivity contribution >= 4 is 6.29 Å². The Morgan fingerprint density at radius 2 is 1.04 bits per heavy atom. The van der Waals surface area contributed by atoms with Crippen LogP contribution in [0.5, 0.6) is 17.2 Å². The molecule has 0 amide bonds. The number of rotatable bonds is 4. The van der Waals surface area contributed by atoms with Gasteiger partial charge in [0, 0.05) is 5.56 Å². The number of hydrogen-bond acceptors (Lipinski definition) is 4. The molecule has 0 aliphatic carbocycles. The molecule has 1 rings (SSSR count). The highest BCUT2D eigenvalue weighted by Gasteiger charge is 2.41. The summed E-state index contributed by atoms with van der Waals surface area (Å²) in [5, 5.41) is 0. The van der Waals surface area contributed by atoms with Gasteiger partial charge in [-0.1, -0.05) is 0 Å². The highest BCUT2D eigenvalue weighted by Crippen LogP contribution is 2.45. The zero-order valence-corrected chi connectivity index (χ0v) is 10.3. The molecule has 0 saturated carbocycles. The summed E-state index contributed by atoms with van der Waals surface area (Å²) in [5.74, 6) is -5.71. The predicted molar refractivity (Wildman–Crippen MR) is 51.9 cm³/mol. The second-order valence-corrected chi connectivity index (χ2v) is 3.61. The minimum Gasteiger partial charge on any atom is -0.402 e. The van der Waals surface area contributed by atoms with E-state index in [-0.39, 0.29) is 18.4 Å².